The molecule has 0 heterocycles. The van der Waals surface area contributed by atoms with Crippen molar-refractivity contribution in [1.29, 1.82) is 0 Å². The van der Waals surface area contributed by atoms with Crippen LogP contribution in [0.15, 0.2) is 11.6 Å². The Morgan fingerprint density at radius 3 is 2.26 bits per heavy atom. The number of amides is 1. The number of carbonyl (C=O) groups is 1. The maximum Gasteiger partial charge on any atom is 0.500 e. The fourth-order valence-electron chi connectivity index (χ4n) is 1.60. The van der Waals surface area contributed by atoms with E-state index >= 15 is 0 Å². The summed E-state index contributed by atoms with van der Waals surface area (Å²) in [6.45, 7) is 3.39. The third-order valence-electron chi connectivity index (χ3n) is 2.93. The number of carbonyl (C=O) groups excluding carboxylic acids is 1. The topological polar surface area (TPSA) is 82.8 Å². The highest BCUT2D eigenvalue weighted by molar-refractivity contribution is 6.60. The number of hydrogen-bond acceptors (Lipinski definition) is 5. The molecule has 0 bridgehead atoms. The Morgan fingerprint density at radius 1 is 1.21 bits per heavy atom. The van der Waals surface area contributed by atoms with Gasteiger partial charge in [0.05, 0.1) is 0 Å². The number of nitrogens with two attached hydrogens (primary N) is 1. The molecule has 0 rings (SSSR count). The van der Waals surface area contributed by atoms with E-state index in [4.69, 9.17) is 19.0 Å². The first-order chi connectivity index (χ1) is 9.01. The summed E-state index contributed by atoms with van der Waals surface area (Å²) < 4.78 is 16.0. The van der Waals surface area contributed by atoms with Crippen LogP contribution in [0.4, 0.5) is 0 Å². The fourth-order valence-corrected chi connectivity index (χ4v) is 3.32. The second kappa shape index (κ2) is 10.1. The van der Waals surface area contributed by atoms with Gasteiger partial charge in [0, 0.05) is 32.9 Å². The van der Waals surface area contributed by atoms with E-state index in [0.29, 0.717) is 5.57 Å². The van der Waals surface area contributed by atoms with E-state index in [2.05, 4.69) is 5.32 Å². The van der Waals surface area contributed by atoms with Gasteiger partial charge in [0.2, 0.25) is 5.91 Å². The predicted molar refractivity (Wildman–Crippen MR) is 76.6 cm³/mol. The minimum absolute atomic E-state index is 0.365. The molecule has 0 atom stereocenters. The molecule has 0 radical (unpaired) electrons. The van der Waals surface area contributed by atoms with Crippen LogP contribution in [0.1, 0.15) is 19.8 Å². The number of primary amides is 1. The molecule has 0 aromatic heterocycles. The zero-order valence-electron chi connectivity index (χ0n) is 12.3. The Bertz CT molecular complexity index is 285. The third-order valence-corrected chi connectivity index (χ3v) is 5.76. The molecular weight excluding hydrogens is 264 g/mol. The Kier molecular flexibility index (Phi) is 9.71. The Morgan fingerprint density at radius 2 is 1.79 bits per heavy atom. The van der Waals surface area contributed by atoms with Crippen LogP contribution in [0.3, 0.4) is 0 Å². The first-order valence-corrected chi connectivity index (χ1v) is 8.27. The number of rotatable bonds is 11. The second-order valence-corrected chi connectivity index (χ2v) is 7.28. The molecule has 3 N–H and O–H groups in total. The van der Waals surface area contributed by atoms with Gasteiger partial charge in [-0.2, -0.15) is 0 Å². The van der Waals surface area contributed by atoms with E-state index in [9.17, 15) is 4.79 Å². The standard InChI is InChI=1S/C12H26N2O4Si/c1-11(12(13)15)7-5-8-14-9-6-10-19(16-2,17-3)18-4/h7,14H,5-6,8-10H2,1-4H3,(H2,13,15)/b11-7+. The van der Waals surface area contributed by atoms with Crippen molar-refractivity contribution in [2.24, 2.45) is 5.73 Å². The summed E-state index contributed by atoms with van der Waals surface area (Å²) in [7, 11) is 2.41. The van der Waals surface area contributed by atoms with E-state index in [-0.39, 0.29) is 5.91 Å². The van der Waals surface area contributed by atoms with Gasteiger partial charge >= 0.3 is 8.80 Å². The Labute approximate surface area is 116 Å². The van der Waals surface area contributed by atoms with Crippen LogP contribution in [-0.4, -0.2) is 49.1 Å². The average molecular weight is 290 g/mol. The summed E-state index contributed by atoms with van der Waals surface area (Å²) in [6.07, 6.45) is 3.55. The first kappa shape index (κ1) is 18.3. The first-order valence-electron chi connectivity index (χ1n) is 6.34. The molecule has 6 nitrogen and oxygen atoms in total. The van der Waals surface area contributed by atoms with Crippen molar-refractivity contribution in [3.63, 3.8) is 0 Å². The second-order valence-electron chi connectivity index (χ2n) is 4.19. The average Bonchev–Trinajstić information content (AvgIpc) is 2.42. The van der Waals surface area contributed by atoms with Crippen LogP contribution < -0.4 is 11.1 Å². The fraction of sp³-hybridized carbons (Fsp3) is 0.750. The van der Waals surface area contributed by atoms with Crippen LogP contribution in [-0.2, 0) is 18.1 Å². The van der Waals surface area contributed by atoms with Crippen molar-refractivity contribution in [2.45, 2.75) is 25.8 Å². The molecule has 0 spiro atoms. The van der Waals surface area contributed by atoms with Crippen molar-refractivity contribution >= 4 is 14.7 Å². The van der Waals surface area contributed by atoms with Crippen LogP contribution in [0.2, 0.25) is 6.04 Å². The van der Waals surface area contributed by atoms with Gasteiger partial charge in [-0.25, -0.2) is 0 Å². The zero-order chi connectivity index (χ0) is 14.7. The van der Waals surface area contributed by atoms with Crippen LogP contribution in [0.25, 0.3) is 0 Å². The van der Waals surface area contributed by atoms with Gasteiger partial charge in [0.1, 0.15) is 0 Å². The highest BCUT2D eigenvalue weighted by Gasteiger charge is 2.36. The summed E-state index contributed by atoms with van der Waals surface area (Å²) in [5, 5.41) is 3.28. The Balaban J connectivity index is 3.71. The van der Waals surface area contributed by atoms with Gasteiger partial charge in [-0.1, -0.05) is 6.08 Å². The lowest BCUT2D eigenvalue weighted by molar-refractivity contribution is -0.114. The van der Waals surface area contributed by atoms with E-state index in [1.54, 1.807) is 28.3 Å². The maximum atomic E-state index is 10.8. The molecule has 19 heavy (non-hydrogen) atoms. The molecule has 112 valence electrons. The lowest BCUT2D eigenvalue weighted by Gasteiger charge is -2.24. The maximum absolute atomic E-state index is 10.8. The van der Waals surface area contributed by atoms with Gasteiger partial charge in [0.25, 0.3) is 0 Å². The van der Waals surface area contributed by atoms with Gasteiger partial charge in [-0.15, -0.1) is 0 Å². The normalized spacial score (nSPS) is 12.7. The molecule has 0 fully saturated rings. The molecule has 0 aromatic rings. The van der Waals surface area contributed by atoms with E-state index in [1.165, 1.54) is 0 Å². The quantitative estimate of drug-likeness (QED) is 0.332. The smallest absolute Gasteiger partial charge is 0.377 e. The SMILES string of the molecule is CO[Si](CCCNCC/C=C(\C)C(N)=O)(OC)OC. The molecule has 0 aliphatic heterocycles. The van der Waals surface area contributed by atoms with E-state index < -0.39 is 8.80 Å². The van der Waals surface area contributed by atoms with Crippen LogP contribution in [0.5, 0.6) is 0 Å². The van der Waals surface area contributed by atoms with Gasteiger partial charge < -0.3 is 24.3 Å². The molecule has 7 heteroatoms. The van der Waals surface area contributed by atoms with Crippen molar-refractivity contribution in [2.75, 3.05) is 34.4 Å². The van der Waals surface area contributed by atoms with Gasteiger partial charge in [-0.05, 0) is 32.9 Å². The minimum atomic E-state index is -2.43. The molecule has 0 aromatic carbocycles. The minimum Gasteiger partial charge on any atom is -0.377 e. The molecule has 0 saturated carbocycles. The summed E-state index contributed by atoms with van der Waals surface area (Å²) >= 11 is 0. The Hall–Kier alpha value is -0.733. The molecule has 0 aliphatic rings. The monoisotopic (exact) mass is 290 g/mol. The van der Waals surface area contributed by atoms with Gasteiger partial charge in [0.15, 0.2) is 0 Å². The molecule has 1 amide bonds. The molecule has 0 saturated heterocycles. The highest BCUT2D eigenvalue weighted by Crippen LogP contribution is 2.14. The molecule has 0 aliphatic carbocycles. The van der Waals surface area contributed by atoms with E-state index in [0.717, 1.165) is 32.0 Å². The third kappa shape index (κ3) is 7.43. The van der Waals surface area contributed by atoms with Crippen molar-refractivity contribution < 1.29 is 18.1 Å². The van der Waals surface area contributed by atoms with Crippen LogP contribution in [0, 0.1) is 0 Å². The lowest BCUT2D eigenvalue weighted by Crippen LogP contribution is -2.43. The summed E-state index contributed by atoms with van der Waals surface area (Å²) in [5.74, 6) is -0.365. The van der Waals surface area contributed by atoms with E-state index in [1.807, 2.05) is 6.08 Å². The molecular formula is C12H26N2O4Si. The molecule has 0 unspecified atom stereocenters. The summed E-state index contributed by atoms with van der Waals surface area (Å²) in [6, 6.07) is 0.777. The zero-order valence-corrected chi connectivity index (χ0v) is 13.3. The summed E-state index contributed by atoms with van der Waals surface area (Å²) in [5.41, 5.74) is 5.73. The number of nitrogens with one attached hydrogen (secondary N) is 1. The lowest BCUT2D eigenvalue weighted by atomic mass is 10.2. The summed E-state index contributed by atoms with van der Waals surface area (Å²) in [4.78, 5) is 10.8. The van der Waals surface area contributed by atoms with Crippen molar-refractivity contribution in [3.05, 3.63) is 11.6 Å². The predicted octanol–water partition coefficient (Wildman–Crippen LogP) is 0.666. The highest BCUT2D eigenvalue weighted by atomic mass is 28.4. The largest absolute Gasteiger partial charge is 0.500 e. The van der Waals surface area contributed by atoms with Gasteiger partial charge in [-0.3, -0.25) is 4.79 Å². The number of hydrogen-bond donors (Lipinski definition) is 2. The van der Waals surface area contributed by atoms with Crippen LogP contribution >= 0.6 is 0 Å². The van der Waals surface area contributed by atoms with Crippen molar-refractivity contribution in [3.8, 4) is 0 Å². The van der Waals surface area contributed by atoms with Crippen molar-refractivity contribution in [1.82, 2.24) is 5.32 Å².